The summed E-state index contributed by atoms with van der Waals surface area (Å²) in [6.45, 7) is 1.73. The Morgan fingerprint density at radius 3 is 2.39 bits per heavy atom. The minimum Gasteiger partial charge on any atom is -0.478 e. The Kier molecular flexibility index (Phi) is 6.41. The van der Waals surface area contributed by atoms with E-state index >= 15 is 0 Å². The van der Waals surface area contributed by atoms with Crippen LogP contribution in [0.15, 0.2) is 76.1 Å². The SMILES string of the molecule is Cc1cc(NC(=O)CSc2cccc(NC(=O)c3cccc4cccc(C(=O)O)c34)c2)no1. The van der Waals surface area contributed by atoms with Crippen LogP contribution >= 0.6 is 11.8 Å². The van der Waals surface area contributed by atoms with E-state index in [0.29, 0.717) is 28.0 Å². The number of aromatic nitrogens is 1. The number of nitrogens with one attached hydrogen (secondary N) is 2. The first-order valence-corrected chi connectivity index (χ1v) is 10.9. The number of benzene rings is 3. The molecule has 1 heterocycles. The first-order valence-electron chi connectivity index (χ1n) is 9.93. The molecular weight excluding hydrogens is 442 g/mol. The van der Waals surface area contributed by atoms with Crippen molar-refractivity contribution >= 4 is 51.8 Å². The van der Waals surface area contributed by atoms with Gasteiger partial charge in [0.25, 0.3) is 5.91 Å². The monoisotopic (exact) mass is 461 g/mol. The maximum atomic E-state index is 13.0. The van der Waals surface area contributed by atoms with E-state index in [-0.39, 0.29) is 22.8 Å². The van der Waals surface area contributed by atoms with Gasteiger partial charge >= 0.3 is 5.97 Å². The second-order valence-electron chi connectivity index (χ2n) is 7.16. The minimum atomic E-state index is -1.10. The molecule has 9 heteroatoms. The molecule has 33 heavy (non-hydrogen) atoms. The second kappa shape index (κ2) is 9.58. The molecule has 0 fully saturated rings. The quantitative estimate of drug-likeness (QED) is 0.337. The number of aromatic carboxylic acids is 1. The van der Waals surface area contributed by atoms with Crippen LogP contribution < -0.4 is 10.6 Å². The Labute approximate surface area is 193 Å². The Morgan fingerprint density at radius 2 is 1.70 bits per heavy atom. The molecule has 3 N–H and O–H groups in total. The topological polar surface area (TPSA) is 122 Å². The van der Waals surface area contributed by atoms with E-state index in [4.69, 9.17) is 4.52 Å². The molecule has 4 aromatic rings. The molecule has 0 spiro atoms. The number of amides is 2. The standard InChI is InChI=1S/C24H19N3O5S/c1-14-11-20(27-32-14)26-21(28)13-33-17-8-4-7-16(12-17)25-23(29)18-9-2-5-15-6-3-10-19(22(15)18)24(30)31/h2-12H,13H2,1H3,(H,25,29)(H,30,31)(H,26,27,28). The van der Waals surface area contributed by atoms with Crippen LogP contribution in [0, 0.1) is 6.92 Å². The number of carboxylic acid groups (broad SMARTS) is 1. The van der Waals surface area contributed by atoms with Gasteiger partial charge in [-0.1, -0.05) is 35.5 Å². The molecule has 0 aliphatic rings. The Bertz CT molecular complexity index is 1360. The van der Waals surface area contributed by atoms with E-state index in [2.05, 4.69) is 15.8 Å². The van der Waals surface area contributed by atoms with E-state index in [1.807, 2.05) is 6.07 Å². The maximum absolute atomic E-state index is 13.0. The van der Waals surface area contributed by atoms with Crippen LogP contribution in [0.2, 0.25) is 0 Å². The van der Waals surface area contributed by atoms with Gasteiger partial charge < -0.3 is 20.3 Å². The molecule has 0 bridgehead atoms. The van der Waals surface area contributed by atoms with Crippen LogP contribution in [-0.4, -0.2) is 33.8 Å². The van der Waals surface area contributed by atoms with Crippen LogP contribution in [0.1, 0.15) is 26.5 Å². The van der Waals surface area contributed by atoms with Crippen molar-refractivity contribution in [2.24, 2.45) is 0 Å². The first-order chi connectivity index (χ1) is 15.9. The summed E-state index contributed by atoms with van der Waals surface area (Å²) in [6, 6.07) is 18.7. The van der Waals surface area contributed by atoms with E-state index < -0.39 is 11.9 Å². The normalized spacial score (nSPS) is 10.7. The predicted molar refractivity (Wildman–Crippen MR) is 126 cm³/mol. The molecule has 8 nitrogen and oxygen atoms in total. The highest BCUT2D eigenvalue weighted by molar-refractivity contribution is 8.00. The van der Waals surface area contributed by atoms with Gasteiger partial charge in [-0.25, -0.2) is 4.79 Å². The van der Waals surface area contributed by atoms with E-state index in [1.54, 1.807) is 61.5 Å². The lowest BCUT2D eigenvalue weighted by atomic mass is 9.98. The fourth-order valence-electron chi connectivity index (χ4n) is 3.32. The molecular formula is C24H19N3O5S. The van der Waals surface area contributed by atoms with Crippen molar-refractivity contribution in [1.82, 2.24) is 5.16 Å². The second-order valence-corrected chi connectivity index (χ2v) is 8.20. The highest BCUT2D eigenvalue weighted by Crippen LogP contribution is 2.26. The Balaban J connectivity index is 1.47. The number of aryl methyl sites for hydroxylation is 1. The number of fused-ring (bicyclic) bond motifs is 1. The molecule has 0 aliphatic carbocycles. The zero-order valence-electron chi connectivity index (χ0n) is 17.5. The van der Waals surface area contributed by atoms with Crippen molar-refractivity contribution in [3.05, 3.63) is 83.6 Å². The third-order valence-electron chi connectivity index (χ3n) is 4.74. The average Bonchev–Trinajstić information content (AvgIpc) is 3.21. The summed E-state index contributed by atoms with van der Waals surface area (Å²) >= 11 is 1.30. The third kappa shape index (κ3) is 5.21. The molecule has 4 rings (SSSR count). The van der Waals surface area contributed by atoms with Crippen molar-refractivity contribution in [2.45, 2.75) is 11.8 Å². The van der Waals surface area contributed by atoms with Gasteiger partial charge in [0.1, 0.15) is 5.76 Å². The molecule has 0 saturated carbocycles. The Hall–Kier alpha value is -4.11. The summed E-state index contributed by atoms with van der Waals surface area (Å²) in [6.07, 6.45) is 0. The van der Waals surface area contributed by atoms with Gasteiger partial charge in [0.05, 0.1) is 11.3 Å². The number of carbonyl (C=O) groups excluding carboxylic acids is 2. The first kappa shape index (κ1) is 22.1. The molecule has 0 unspecified atom stereocenters. The van der Waals surface area contributed by atoms with Crippen molar-refractivity contribution in [2.75, 3.05) is 16.4 Å². The van der Waals surface area contributed by atoms with Gasteiger partial charge in [-0.2, -0.15) is 0 Å². The molecule has 2 amide bonds. The van der Waals surface area contributed by atoms with Gasteiger partial charge in [0.15, 0.2) is 5.82 Å². The van der Waals surface area contributed by atoms with E-state index in [9.17, 15) is 19.5 Å². The fraction of sp³-hybridized carbons (Fsp3) is 0.0833. The van der Waals surface area contributed by atoms with Crippen LogP contribution in [0.5, 0.6) is 0 Å². The van der Waals surface area contributed by atoms with E-state index in [1.165, 1.54) is 17.8 Å². The highest BCUT2D eigenvalue weighted by Gasteiger charge is 2.17. The summed E-state index contributed by atoms with van der Waals surface area (Å²) in [5, 5.41) is 19.8. The molecule has 166 valence electrons. The van der Waals surface area contributed by atoms with Crippen LogP contribution in [0.4, 0.5) is 11.5 Å². The zero-order chi connectivity index (χ0) is 23.4. The summed E-state index contributed by atoms with van der Waals surface area (Å²) in [4.78, 5) is 37.6. The van der Waals surface area contributed by atoms with Gasteiger partial charge in [0.2, 0.25) is 5.91 Å². The zero-order valence-corrected chi connectivity index (χ0v) is 18.3. The van der Waals surface area contributed by atoms with Crippen molar-refractivity contribution in [3.63, 3.8) is 0 Å². The number of carbonyl (C=O) groups is 3. The van der Waals surface area contributed by atoms with Gasteiger partial charge in [0, 0.05) is 27.6 Å². The van der Waals surface area contributed by atoms with Gasteiger partial charge in [-0.3, -0.25) is 9.59 Å². The van der Waals surface area contributed by atoms with Gasteiger partial charge in [-0.15, -0.1) is 11.8 Å². The number of thioether (sulfide) groups is 1. The molecule has 0 aliphatic heterocycles. The van der Waals surface area contributed by atoms with Gasteiger partial charge in [-0.05, 0) is 42.6 Å². The average molecular weight is 461 g/mol. The summed E-state index contributed by atoms with van der Waals surface area (Å²) in [5.74, 6) is -0.652. The summed E-state index contributed by atoms with van der Waals surface area (Å²) in [7, 11) is 0. The number of rotatable bonds is 7. The molecule has 0 atom stereocenters. The Morgan fingerprint density at radius 1 is 0.970 bits per heavy atom. The number of anilines is 2. The highest BCUT2D eigenvalue weighted by atomic mass is 32.2. The molecule has 3 aromatic carbocycles. The van der Waals surface area contributed by atoms with Crippen LogP contribution in [0.3, 0.4) is 0 Å². The fourth-order valence-corrected chi connectivity index (χ4v) is 4.08. The number of hydrogen-bond acceptors (Lipinski definition) is 6. The lowest BCUT2D eigenvalue weighted by Gasteiger charge is -2.11. The molecule has 1 aromatic heterocycles. The maximum Gasteiger partial charge on any atom is 0.336 e. The van der Waals surface area contributed by atoms with Crippen LogP contribution in [-0.2, 0) is 4.79 Å². The largest absolute Gasteiger partial charge is 0.478 e. The molecule has 0 saturated heterocycles. The number of hydrogen-bond donors (Lipinski definition) is 3. The number of carboxylic acids is 1. The third-order valence-corrected chi connectivity index (χ3v) is 5.73. The van der Waals surface area contributed by atoms with Crippen molar-refractivity contribution < 1.29 is 24.0 Å². The summed E-state index contributed by atoms with van der Waals surface area (Å²) < 4.78 is 4.92. The van der Waals surface area contributed by atoms with Crippen molar-refractivity contribution in [1.29, 1.82) is 0 Å². The van der Waals surface area contributed by atoms with E-state index in [0.717, 1.165) is 4.90 Å². The number of nitrogens with zero attached hydrogens (tertiary/aromatic N) is 1. The smallest absolute Gasteiger partial charge is 0.336 e. The predicted octanol–water partition coefficient (Wildman–Crippen LogP) is 4.82. The summed E-state index contributed by atoms with van der Waals surface area (Å²) in [5.41, 5.74) is 0.865. The lowest BCUT2D eigenvalue weighted by Crippen LogP contribution is -2.14. The molecule has 0 radical (unpaired) electrons. The van der Waals surface area contributed by atoms with Crippen LogP contribution in [0.25, 0.3) is 10.8 Å². The van der Waals surface area contributed by atoms with Crippen molar-refractivity contribution in [3.8, 4) is 0 Å². The lowest BCUT2D eigenvalue weighted by molar-refractivity contribution is -0.113. The minimum absolute atomic E-state index is 0.0656.